The number of aryl methyl sites for hydroxylation is 1. The Morgan fingerprint density at radius 2 is 1.67 bits per heavy atom. The van der Waals surface area contributed by atoms with Gasteiger partial charge in [-0.1, -0.05) is 42.5 Å². The normalized spacial score (nSPS) is 22.6. The van der Waals surface area contributed by atoms with E-state index in [1.54, 1.807) is 0 Å². The third-order valence-electron chi connectivity index (χ3n) is 6.90. The predicted molar refractivity (Wildman–Crippen MR) is 137 cm³/mol. The van der Waals surface area contributed by atoms with Crippen molar-refractivity contribution >= 4 is 5.97 Å². The van der Waals surface area contributed by atoms with E-state index in [0.29, 0.717) is 44.9 Å². The maximum Gasteiger partial charge on any atom is 0.311 e. The van der Waals surface area contributed by atoms with E-state index in [-0.39, 0.29) is 35.5 Å². The minimum Gasteiger partial charge on any atom is -0.508 e. The highest BCUT2D eigenvalue weighted by molar-refractivity contribution is 5.72. The highest BCUT2D eigenvalue weighted by Gasteiger charge is 2.40. The number of ether oxygens (including phenoxy) is 1. The number of unbranched alkanes of at least 4 members (excludes halogenated alkanes) is 1. The summed E-state index contributed by atoms with van der Waals surface area (Å²) in [6.45, 7) is 0. The number of aromatic hydroxyl groups is 2. The van der Waals surface area contributed by atoms with Crippen LogP contribution in [-0.2, 0) is 11.2 Å². The Kier molecular flexibility index (Phi) is 10.8. The number of hydrogen-bond acceptors (Lipinski definition) is 7. The minimum atomic E-state index is -0.565. The third-order valence-corrected chi connectivity index (χ3v) is 6.90. The molecule has 36 heavy (non-hydrogen) atoms. The second-order valence-electron chi connectivity index (χ2n) is 9.71. The molecular formula is C29H38O7. The fraction of sp³-hybridized carbons (Fsp3) is 0.483. The van der Waals surface area contributed by atoms with Crippen LogP contribution in [0.15, 0.2) is 60.7 Å². The van der Waals surface area contributed by atoms with E-state index in [9.17, 15) is 30.3 Å². The Hall–Kier alpha value is -2.87. The van der Waals surface area contributed by atoms with Crippen molar-refractivity contribution in [1.82, 2.24) is 0 Å². The van der Waals surface area contributed by atoms with Crippen molar-refractivity contribution < 1.29 is 35.1 Å². The van der Waals surface area contributed by atoms with Crippen LogP contribution in [0, 0.1) is 11.8 Å². The molecule has 7 heteroatoms. The van der Waals surface area contributed by atoms with E-state index in [0.717, 1.165) is 12.5 Å². The lowest BCUT2D eigenvalue weighted by atomic mass is 9.85. The van der Waals surface area contributed by atoms with Gasteiger partial charge in [0.15, 0.2) is 0 Å². The molecule has 5 atom stereocenters. The quantitative estimate of drug-likeness (QED) is 0.121. The van der Waals surface area contributed by atoms with Crippen LogP contribution in [-0.4, -0.2) is 49.8 Å². The van der Waals surface area contributed by atoms with Gasteiger partial charge in [-0.25, -0.2) is 0 Å². The van der Waals surface area contributed by atoms with Crippen molar-refractivity contribution in [2.45, 2.75) is 76.1 Å². The van der Waals surface area contributed by atoms with Gasteiger partial charge >= 0.3 is 5.97 Å². The lowest BCUT2D eigenvalue weighted by Gasteiger charge is -2.23. The van der Waals surface area contributed by atoms with E-state index < -0.39 is 24.3 Å². The molecule has 1 aliphatic rings. The van der Waals surface area contributed by atoms with Gasteiger partial charge in [0.25, 0.3) is 0 Å². The smallest absolute Gasteiger partial charge is 0.311 e. The molecular weight excluding hydrogens is 460 g/mol. The van der Waals surface area contributed by atoms with E-state index in [1.807, 2.05) is 30.4 Å². The molecule has 0 aliphatic heterocycles. The van der Waals surface area contributed by atoms with Crippen molar-refractivity contribution in [2.75, 3.05) is 0 Å². The molecule has 2 aromatic rings. The number of aliphatic hydroxyl groups excluding tert-OH is 3. The number of aliphatic hydroxyl groups is 3. The first-order chi connectivity index (χ1) is 17.3. The molecule has 3 rings (SSSR count). The molecule has 0 bridgehead atoms. The zero-order valence-electron chi connectivity index (χ0n) is 20.6. The molecule has 0 spiro atoms. The molecule has 1 fully saturated rings. The number of rotatable bonds is 13. The van der Waals surface area contributed by atoms with Gasteiger partial charge in [0.05, 0.1) is 18.3 Å². The van der Waals surface area contributed by atoms with Gasteiger partial charge in [0.1, 0.15) is 17.2 Å². The minimum absolute atomic E-state index is 0.0512. The maximum atomic E-state index is 12.0. The maximum absolute atomic E-state index is 12.0. The molecule has 1 saturated carbocycles. The number of benzene rings is 2. The molecule has 0 heterocycles. The van der Waals surface area contributed by atoms with Crippen LogP contribution in [0.1, 0.15) is 56.9 Å². The molecule has 0 aromatic heterocycles. The monoisotopic (exact) mass is 498 g/mol. The lowest BCUT2D eigenvalue weighted by Crippen LogP contribution is -2.23. The van der Waals surface area contributed by atoms with Gasteiger partial charge in [-0.3, -0.25) is 4.79 Å². The van der Waals surface area contributed by atoms with E-state index >= 15 is 0 Å². The standard InChI is InChI=1S/C29H38O7/c30-21(13-12-20-8-4-3-5-9-20)14-15-26-25(27(33)19-28(26)34)10-6-1-2-7-11-29(35)36-24-17-22(31)16-23(32)18-24/h1,3-6,8-9,16-18,21,25-28,30-34H,2,7,10-15,19H2/b6-1-/t21-,25+,26+,27-,28+/m0/s1. The number of carbonyl (C=O) groups excluding carboxylic acids is 1. The first-order valence-corrected chi connectivity index (χ1v) is 12.8. The molecule has 0 saturated heterocycles. The molecule has 196 valence electrons. The second kappa shape index (κ2) is 14.0. The number of esters is 1. The zero-order chi connectivity index (χ0) is 25.9. The van der Waals surface area contributed by atoms with Gasteiger partial charge in [-0.15, -0.1) is 0 Å². The van der Waals surface area contributed by atoms with Gasteiger partial charge in [0.2, 0.25) is 0 Å². The van der Waals surface area contributed by atoms with Gasteiger partial charge < -0.3 is 30.3 Å². The summed E-state index contributed by atoms with van der Waals surface area (Å²) in [5.41, 5.74) is 1.20. The zero-order valence-corrected chi connectivity index (χ0v) is 20.6. The second-order valence-corrected chi connectivity index (χ2v) is 9.71. The number of phenolic OH excluding ortho intramolecular Hbond substituents is 2. The number of allylic oxidation sites excluding steroid dienone is 2. The summed E-state index contributed by atoms with van der Waals surface area (Å²) in [6, 6.07) is 13.7. The summed E-state index contributed by atoms with van der Waals surface area (Å²) in [4.78, 5) is 12.0. The SMILES string of the molecule is O=C(CCC/C=C\C[C@@H]1[C@@H](CC[C@@H](O)CCc2ccccc2)[C@H](O)C[C@@H]1O)Oc1cc(O)cc(O)c1. The predicted octanol–water partition coefficient (Wildman–Crippen LogP) is 4.25. The van der Waals surface area contributed by atoms with Crippen LogP contribution in [0.3, 0.4) is 0 Å². The van der Waals surface area contributed by atoms with E-state index in [4.69, 9.17) is 4.74 Å². The Morgan fingerprint density at radius 1 is 0.972 bits per heavy atom. The highest BCUT2D eigenvalue weighted by Crippen LogP contribution is 2.38. The van der Waals surface area contributed by atoms with Gasteiger partial charge in [0, 0.05) is 24.6 Å². The highest BCUT2D eigenvalue weighted by atomic mass is 16.5. The summed E-state index contributed by atoms with van der Waals surface area (Å²) in [5.74, 6) is -0.822. The molecule has 2 aromatic carbocycles. The Morgan fingerprint density at radius 3 is 2.39 bits per heavy atom. The summed E-state index contributed by atoms with van der Waals surface area (Å²) in [7, 11) is 0. The molecule has 0 unspecified atom stereocenters. The van der Waals surface area contributed by atoms with Crippen molar-refractivity contribution in [3.05, 3.63) is 66.2 Å². The Balaban J connectivity index is 1.36. The Bertz CT molecular complexity index is 955. The average molecular weight is 499 g/mol. The molecule has 7 nitrogen and oxygen atoms in total. The fourth-order valence-electron chi connectivity index (χ4n) is 4.96. The molecule has 1 aliphatic carbocycles. The van der Waals surface area contributed by atoms with Crippen LogP contribution < -0.4 is 4.74 Å². The van der Waals surface area contributed by atoms with Crippen molar-refractivity contribution in [3.8, 4) is 17.2 Å². The number of carbonyl (C=O) groups is 1. The largest absolute Gasteiger partial charge is 0.508 e. The van der Waals surface area contributed by atoms with E-state index in [1.165, 1.54) is 17.7 Å². The molecule has 0 amide bonds. The molecule has 5 N–H and O–H groups in total. The summed E-state index contributed by atoms with van der Waals surface area (Å²) in [5, 5.41) is 50.2. The molecule has 0 radical (unpaired) electrons. The van der Waals surface area contributed by atoms with E-state index in [2.05, 4.69) is 12.1 Å². The van der Waals surface area contributed by atoms with Crippen LogP contribution in [0.25, 0.3) is 0 Å². The van der Waals surface area contributed by atoms with Crippen LogP contribution >= 0.6 is 0 Å². The van der Waals surface area contributed by atoms with Crippen molar-refractivity contribution in [2.24, 2.45) is 11.8 Å². The topological polar surface area (TPSA) is 127 Å². The first-order valence-electron chi connectivity index (χ1n) is 12.8. The van der Waals surface area contributed by atoms with Crippen LogP contribution in [0.5, 0.6) is 17.2 Å². The average Bonchev–Trinajstić information content (AvgIpc) is 3.10. The Labute approximate surface area is 212 Å². The van der Waals surface area contributed by atoms with Crippen LogP contribution in [0.2, 0.25) is 0 Å². The van der Waals surface area contributed by atoms with Crippen LogP contribution in [0.4, 0.5) is 0 Å². The third kappa shape index (κ3) is 8.97. The summed E-state index contributed by atoms with van der Waals surface area (Å²) in [6.07, 6.45) is 7.57. The van der Waals surface area contributed by atoms with Crippen molar-refractivity contribution in [1.29, 1.82) is 0 Å². The van der Waals surface area contributed by atoms with Gasteiger partial charge in [-0.2, -0.15) is 0 Å². The summed E-state index contributed by atoms with van der Waals surface area (Å²) >= 11 is 0. The van der Waals surface area contributed by atoms with Crippen molar-refractivity contribution in [3.63, 3.8) is 0 Å². The summed E-state index contributed by atoms with van der Waals surface area (Å²) < 4.78 is 5.13. The lowest BCUT2D eigenvalue weighted by molar-refractivity contribution is -0.134. The number of phenols is 2. The number of hydrogen-bond donors (Lipinski definition) is 5. The fourth-order valence-corrected chi connectivity index (χ4v) is 4.96. The van der Waals surface area contributed by atoms with Gasteiger partial charge in [-0.05, 0) is 68.8 Å². The first kappa shape index (κ1) is 27.7.